The second-order valence-corrected chi connectivity index (χ2v) is 7.72. The van der Waals surface area contributed by atoms with E-state index in [9.17, 15) is 4.79 Å². The van der Waals surface area contributed by atoms with E-state index < -0.39 is 0 Å². The molecule has 1 aromatic rings. The zero-order chi connectivity index (χ0) is 15.4. The van der Waals surface area contributed by atoms with Crippen molar-refractivity contribution in [1.29, 1.82) is 0 Å². The summed E-state index contributed by atoms with van der Waals surface area (Å²) in [6.45, 7) is 0. The minimum absolute atomic E-state index is 0.256. The fraction of sp³-hybridized carbons (Fsp3) is 0.632. The van der Waals surface area contributed by atoms with Gasteiger partial charge in [0.1, 0.15) is 0 Å². The average molecular weight is 364 g/mol. The van der Waals surface area contributed by atoms with Crippen LogP contribution >= 0.6 is 15.9 Å². The second-order valence-electron chi connectivity index (χ2n) is 6.80. The number of carbonyl (C=O) groups is 1. The molecule has 0 spiro atoms. The highest BCUT2D eigenvalue weighted by Crippen LogP contribution is 2.31. The van der Waals surface area contributed by atoms with Crippen LogP contribution in [0.2, 0.25) is 0 Å². The Morgan fingerprint density at radius 1 is 0.818 bits per heavy atom. The Kier molecular flexibility index (Phi) is 5.56. The molecular formula is C19H26BrNO. The van der Waals surface area contributed by atoms with Crippen LogP contribution in [0, 0.1) is 0 Å². The van der Waals surface area contributed by atoms with Gasteiger partial charge in [-0.2, -0.15) is 0 Å². The summed E-state index contributed by atoms with van der Waals surface area (Å²) in [5.74, 6) is 0.256. The lowest BCUT2D eigenvalue weighted by Crippen LogP contribution is -2.48. The van der Waals surface area contributed by atoms with Crippen molar-refractivity contribution in [2.75, 3.05) is 0 Å². The van der Waals surface area contributed by atoms with Crippen molar-refractivity contribution in [2.24, 2.45) is 0 Å². The molecule has 3 heteroatoms. The molecule has 0 aliphatic heterocycles. The SMILES string of the molecule is O=C(c1ccc(Br)cc1)N(C1CCCCC1)C1CCCCC1. The third kappa shape index (κ3) is 3.73. The summed E-state index contributed by atoms with van der Waals surface area (Å²) in [7, 11) is 0. The van der Waals surface area contributed by atoms with Gasteiger partial charge >= 0.3 is 0 Å². The average Bonchev–Trinajstić information content (AvgIpc) is 2.57. The number of carbonyl (C=O) groups excluding carboxylic acids is 1. The second kappa shape index (κ2) is 7.63. The lowest BCUT2D eigenvalue weighted by Gasteiger charge is -2.42. The van der Waals surface area contributed by atoms with E-state index in [-0.39, 0.29) is 5.91 Å². The van der Waals surface area contributed by atoms with Crippen molar-refractivity contribution < 1.29 is 4.79 Å². The Labute approximate surface area is 142 Å². The molecule has 0 heterocycles. The molecule has 1 amide bonds. The Morgan fingerprint density at radius 3 is 1.73 bits per heavy atom. The molecule has 2 fully saturated rings. The van der Waals surface area contributed by atoms with Crippen LogP contribution in [0.3, 0.4) is 0 Å². The molecule has 0 bridgehead atoms. The predicted molar refractivity (Wildman–Crippen MR) is 94.1 cm³/mol. The maximum Gasteiger partial charge on any atom is 0.254 e. The predicted octanol–water partition coefficient (Wildman–Crippen LogP) is 5.56. The highest BCUT2D eigenvalue weighted by molar-refractivity contribution is 9.10. The Morgan fingerprint density at radius 2 is 1.27 bits per heavy atom. The van der Waals surface area contributed by atoms with Crippen LogP contribution in [-0.4, -0.2) is 22.9 Å². The van der Waals surface area contributed by atoms with Crippen LogP contribution < -0.4 is 0 Å². The fourth-order valence-corrected chi connectivity index (χ4v) is 4.35. The van der Waals surface area contributed by atoms with Crippen molar-refractivity contribution in [1.82, 2.24) is 4.90 Å². The van der Waals surface area contributed by atoms with E-state index in [0.717, 1.165) is 10.0 Å². The summed E-state index contributed by atoms with van der Waals surface area (Å²) in [6, 6.07) is 8.82. The molecule has 0 unspecified atom stereocenters. The third-order valence-corrected chi connectivity index (χ3v) is 5.79. The zero-order valence-corrected chi connectivity index (χ0v) is 14.9. The van der Waals surface area contributed by atoms with Gasteiger partial charge in [0.25, 0.3) is 5.91 Å². The van der Waals surface area contributed by atoms with E-state index in [2.05, 4.69) is 20.8 Å². The van der Waals surface area contributed by atoms with E-state index in [1.165, 1.54) is 64.2 Å². The summed E-state index contributed by atoms with van der Waals surface area (Å²) in [6.07, 6.45) is 12.6. The Balaban J connectivity index is 1.82. The van der Waals surface area contributed by atoms with Gasteiger partial charge in [-0.1, -0.05) is 54.5 Å². The molecule has 0 atom stereocenters. The van der Waals surface area contributed by atoms with Crippen molar-refractivity contribution in [2.45, 2.75) is 76.3 Å². The molecule has 0 aromatic heterocycles. The largest absolute Gasteiger partial charge is 0.333 e. The van der Waals surface area contributed by atoms with E-state index in [0.29, 0.717) is 12.1 Å². The van der Waals surface area contributed by atoms with E-state index in [1.54, 1.807) is 0 Å². The standard InChI is InChI=1S/C19H26BrNO/c20-16-13-11-15(12-14-16)19(22)21(17-7-3-1-4-8-17)18-9-5-2-6-10-18/h11-14,17-18H,1-10H2. The number of hydrogen-bond donors (Lipinski definition) is 0. The molecule has 0 saturated heterocycles. The minimum atomic E-state index is 0.256. The molecular weight excluding hydrogens is 338 g/mol. The Hall–Kier alpha value is -0.830. The summed E-state index contributed by atoms with van der Waals surface area (Å²) in [5, 5.41) is 0. The minimum Gasteiger partial charge on any atom is -0.333 e. The highest BCUT2D eigenvalue weighted by Gasteiger charge is 2.32. The van der Waals surface area contributed by atoms with Crippen LogP contribution in [0.5, 0.6) is 0 Å². The van der Waals surface area contributed by atoms with Gasteiger partial charge in [-0.15, -0.1) is 0 Å². The lowest BCUT2D eigenvalue weighted by molar-refractivity contribution is 0.0448. The molecule has 120 valence electrons. The van der Waals surface area contributed by atoms with E-state index in [4.69, 9.17) is 0 Å². The van der Waals surface area contributed by atoms with Crippen LogP contribution in [0.15, 0.2) is 28.7 Å². The molecule has 0 radical (unpaired) electrons. The normalized spacial score (nSPS) is 20.8. The van der Waals surface area contributed by atoms with Crippen LogP contribution in [0.1, 0.15) is 74.6 Å². The van der Waals surface area contributed by atoms with Crippen LogP contribution in [0.4, 0.5) is 0 Å². The van der Waals surface area contributed by atoms with Gasteiger partial charge in [0.15, 0.2) is 0 Å². The molecule has 0 N–H and O–H groups in total. The maximum atomic E-state index is 13.2. The first-order valence-corrected chi connectivity index (χ1v) is 9.63. The number of amides is 1. The number of rotatable bonds is 3. The molecule has 22 heavy (non-hydrogen) atoms. The van der Waals surface area contributed by atoms with Gasteiger partial charge in [-0.25, -0.2) is 0 Å². The van der Waals surface area contributed by atoms with Crippen molar-refractivity contribution in [3.05, 3.63) is 34.3 Å². The molecule has 2 aliphatic carbocycles. The molecule has 1 aromatic carbocycles. The number of hydrogen-bond acceptors (Lipinski definition) is 1. The van der Waals surface area contributed by atoms with Crippen molar-refractivity contribution in [3.8, 4) is 0 Å². The van der Waals surface area contributed by atoms with Gasteiger partial charge in [0.05, 0.1) is 0 Å². The van der Waals surface area contributed by atoms with E-state index in [1.807, 2.05) is 24.3 Å². The van der Waals surface area contributed by atoms with Crippen LogP contribution in [-0.2, 0) is 0 Å². The summed E-state index contributed by atoms with van der Waals surface area (Å²) in [5.41, 5.74) is 0.847. The first kappa shape index (κ1) is 16.0. The topological polar surface area (TPSA) is 20.3 Å². The molecule has 2 aliphatic rings. The van der Waals surface area contributed by atoms with Gasteiger partial charge in [-0.05, 0) is 49.9 Å². The zero-order valence-electron chi connectivity index (χ0n) is 13.3. The van der Waals surface area contributed by atoms with Gasteiger partial charge in [0.2, 0.25) is 0 Å². The summed E-state index contributed by atoms with van der Waals surface area (Å²) >= 11 is 3.46. The number of nitrogens with zero attached hydrogens (tertiary/aromatic N) is 1. The van der Waals surface area contributed by atoms with Crippen LogP contribution in [0.25, 0.3) is 0 Å². The van der Waals surface area contributed by atoms with Gasteiger partial charge < -0.3 is 4.90 Å². The quantitative estimate of drug-likeness (QED) is 0.688. The lowest BCUT2D eigenvalue weighted by atomic mass is 9.88. The molecule has 2 saturated carbocycles. The smallest absolute Gasteiger partial charge is 0.254 e. The first-order chi connectivity index (χ1) is 10.8. The Bertz CT molecular complexity index is 469. The van der Waals surface area contributed by atoms with Crippen molar-refractivity contribution in [3.63, 3.8) is 0 Å². The van der Waals surface area contributed by atoms with Gasteiger partial charge in [-0.3, -0.25) is 4.79 Å². The third-order valence-electron chi connectivity index (χ3n) is 5.26. The summed E-state index contributed by atoms with van der Waals surface area (Å²) in [4.78, 5) is 15.4. The first-order valence-electron chi connectivity index (χ1n) is 8.84. The van der Waals surface area contributed by atoms with E-state index >= 15 is 0 Å². The number of benzene rings is 1. The fourth-order valence-electron chi connectivity index (χ4n) is 4.09. The van der Waals surface area contributed by atoms with Gasteiger partial charge in [0, 0.05) is 22.1 Å². The maximum absolute atomic E-state index is 13.2. The summed E-state index contributed by atoms with van der Waals surface area (Å²) < 4.78 is 1.03. The monoisotopic (exact) mass is 363 g/mol. The molecule has 2 nitrogen and oxygen atoms in total. The van der Waals surface area contributed by atoms with Crippen molar-refractivity contribution >= 4 is 21.8 Å². The number of halogens is 1. The highest BCUT2D eigenvalue weighted by atomic mass is 79.9. The molecule has 3 rings (SSSR count).